The molecule has 6 nitrogen and oxygen atoms in total. The minimum atomic E-state index is -1.16. The Morgan fingerprint density at radius 2 is 2.16 bits per heavy atom. The molecule has 0 atom stereocenters. The lowest BCUT2D eigenvalue weighted by Gasteiger charge is -2.14. The van der Waals surface area contributed by atoms with Crippen molar-refractivity contribution in [3.8, 4) is 0 Å². The summed E-state index contributed by atoms with van der Waals surface area (Å²) in [5.74, 6) is -1.01. The molecule has 0 aliphatic rings. The Morgan fingerprint density at radius 3 is 2.68 bits per heavy atom. The van der Waals surface area contributed by atoms with Crippen LogP contribution in [0.5, 0.6) is 0 Å². The van der Waals surface area contributed by atoms with Gasteiger partial charge >= 0.3 is 6.09 Å². The summed E-state index contributed by atoms with van der Waals surface area (Å²) in [5.41, 5.74) is 0.502. The van der Waals surface area contributed by atoms with Crippen LogP contribution in [0.3, 0.4) is 0 Å². The number of hydroxylamine groups is 2. The van der Waals surface area contributed by atoms with Gasteiger partial charge in [-0.2, -0.15) is 0 Å². The van der Waals surface area contributed by atoms with Crippen molar-refractivity contribution in [1.29, 1.82) is 0 Å². The standard InChI is InChI=1S/C12H15FN2O4/c1-15(19-2)11(16)9-4-3-8(10(13)7-9)5-6-14-12(17)18/h3-4,7,14H,5-6H2,1-2H3,(H,17,18). The molecule has 104 valence electrons. The van der Waals surface area contributed by atoms with E-state index in [4.69, 9.17) is 9.94 Å². The van der Waals surface area contributed by atoms with Gasteiger partial charge in [0.05, 0.1) is 7.11 Å². The lowest BCUT2D eigenvalue weighted by atomic mass is 10.1. The van der Waals surface area contributed by atoms with Crippen molar-refractivity contribution in [2.24, 2.45) is 0 Å². The lowest BCUT2D eigenvalue weighted by Crippen LogP contribution is -2.26. The molecule has 1 aromatic carbocycles. The number of carboxylic acid groups (broad SMARTS) is 1. The van der Waals surface area contributed by atoms with E-state index in [0.29, 0.717) is 5.56 Å². The van der Waals surface area contributed by atoms with Gasteiger partial charge in [-0.15, -0.1) is 0 Å². The third kappa shape index (κ3) is 4.22. The van der Waals surface area contributed by atoms with Crippen LogP contribution < -0.4 is 5.32 Å². The molecule has 0 saturated heterocycles. The fourth-order valence-corrected chi connectivity index (χ4v) is 1.45. The molecule has 0 bridgehead atoms. The van der Waals surface area contributed by atoms with Gasteiger partial charge in [-0.05, 0) is 24.1 Å². The summed E-state index contributed by atoms with van der Waals surface area (Å²) in [6.07, 6.45) is -0.943. The minimum Gasteiger partial charge on any atom is -0.465 e. The van der Waals surface area contributed by atoms with Crippen LogP contribution in [0, 0.1) is 5.82 Å². The van der Waals surface area contributed by atoms with Crippen LogP contribution in [-0.2, 0) is 11.3 Å². The first-order chi connectivity index (χ1) is 8.95. The van der Waals surface area contributed by atoms with E-state index in [0.717, 1.165) is 11.1 Å². The Balaban J connectivity index is 2.74. The van der Waals surface area contributed by atoms with Crippen molar-refractivity contribution >= 4 is 12.0 Å². The molecule has 0 aliphatic heterocycles. The maximum Gasteiger partial charge on any atom is 0.404 e. The third-order valence-corrected chi connectivity index (χ3v) is 2.53. The highest BCUT2D eigenvalue weighted by Crippen LogP contribution is 2.12. The molecule has 7 heteroatoms. The molecule has 0 fully saturated rings. The zero-order valence-corrected chi connectivity index (χ0v) is 10.6. The van der Waals surface area contributed by atoms with E-state index < -0.39 is 17.8 Å². The van der Waals surface area contributed by atoms with Crippen LogP contribution in [0.4, 0.5) is 9.18 Å². The van der Waals surface area contributed by atoms with Gasteiger partial charge in [-0.3, -0.25) is 9.63 Å². The molecule has 0 heterocycles. The van der Waals surface area contributed by atoms with E-state index in [1.54, 1.807) is 0 Å². The zero-order valence-electron chi connectivity index (χ0n) is 10.6. The summed E-state index contributed by atoms with van der Waals surface area (Å²) in [7, 11) is 2.76. The Labute approximate surface area is 109 Å². The molecular formula is C12H15FN2O4. The largest absolute Gasteiger partial charge is 0.465 e. The molecule has 2 N–H and O–H groups in total. The van der Waals surface area contributed by atoms with Crippen LogP contribution in [0.1, 0.15) is 15.9 Å². The van der Waals surface area contributed by atoms with Gasteiger partial charge in [0, 0.05) is 19.2 Å². The molecule has 0 aromatic heterocycles. The lowest BCUT2D eigenvalue weighted by molar-refractivity contribution is -0.0757. The molecule has 0 radical (unpaired) electrons. The van der Waals surface area contributed by atoms with E-state index in [-0.39, 0.29) is 18.5 Å². The molecule has 0 unspecified atom stereocenters. The second kappa shape index (κ2) is 6.69. The monoisotopic (exact) mass is 270 g/mol. The van der Waals surface area contributed by atoms with Gasteiger partial charge in [0.1, 0.15) is 5.82 Å². The molecule has 1 rings (SSSR count). The number of carbonyl (C=O) groups excluding carboxylic acids is 1. The highest BCUT2D eigenvalue weighted by Gasteiger charge is 2.13. The fourth-order valence-electron chi connectivity index (χ4n) is 1.45. The van der Waals surface area contributed by atoms with E-state index >= 15 is 0 Å². The number of nitrogens with one attached hydrogen (secondary N) is 1. The molecule has 0 aliphatic carbocycles. The first kappa shape index (κ1) is 14.9. The highest BCUT2D eigenvalue weighted by molar-refractivity contribution is 5.93. The van der Waals surface area contributed by atoms with E-state index in [2.05, 4.69) is 5.32 Å². The number of rotatable bonds is 5. The molecule has 0 saturated carbocycles. The second-order valence-corrected chi connectivity index (χ2v) is 3.77. The molecule has 1 aromatic rings. The average Bonchev–Trinajstić information content (AvgIpc) is 2.38. The third-order valence-electron chi connectivity index (χ3n) is 2.53. The number of amides is 2. The van der Waals surface area contributed by atoms with E-state index in [1.807, 2.05) is 0 Å². The number of nitrogens with zero attached hydrogens (tertiary/aromatic N) is 1. The zero-order chi connectivity index (χ0) is 14.4. The predicted octanol–water partition coefficient (Wildman–Crippen LogP) is 1.27. The fraction of sp³-hybridized carbons (Fsp3) is 0.333. The van der Waals surface area contributed by atoms with Crippen LogP contribution in [0.2, 0.25) is 0 Å². The van der Waals surface area contributed by atoms with E-state index in [1.165, 1.54) is 26.3 Å². The van der Waals surface area contributed by atoms with Crippen LogP contribution in [-0.4, -0.2) is 42.9 Å². The Bertz CT molecular complexity index is 479. The first-order valence-corrected chi connectivity index (χ1v) is 5.53. The van der Waals surface area contributed by atoms with Crippen molar-refractivity contribution in [2.75, 3.05) is 20.7 Å². The molecular weight excluding hydrogens is 255 g/mol. The Morgan fingerprint density at radius 1 is 1.47 bits per heavy atom. The Hall–Kier alpha value is -2.15. The van der Waals surface area contributed by atoms with Crippen LogP contribution in [0.25, 0.3) is 0 Å². The Kier molecular flexibility index (Phi) is 5.25. The number of hydrogen-bond acceptors (Lipinski definition) is 3. The summed E-state index contributed by atoms with van der Waals surface area (Å²) in [4.78, 5) is 26.7. The average molecular weight is 270 g/mol. The molecule has 2 amide bonds. The van der Waals surface area contributed by atoms with Crippen molar-refractivity contribution < 1.29 is 23.9 Å². The van der Waals surface area contributed by atoms with Crippen molar-refractivity contribution in [2.45, 2.75) is 6.42 Å². The summed E-state index contributed by atoms with van der Waals surface area (Å²) in [6, 6.07) is 4.03. The van der Waals surface area contributed by atoms with Gasteiger partial charge < -0.3 is 10.4 Å². The van der Waals surface area contributed by atoms with Crippen LogP contribution >= 0.6 is 0 Å². The summed E-state index contributed by atoms with van der Waals surface area (Å²) in [5, 5.41) is 11.5. The second-order valence-electron chi connectivity index (χ2n) is 3.77. The van der Waals surface area contributed by atoms with Gasteiger partial charge in [0.25, 0.3) is 5.91 Å². The van der Waals surface area contributed by atoms with Gasteiger partial charge in [-0.25, -0.2) is 14.2 Å². The summed E-state index contributed by atoms with van der Waals surface area (Å²) in [6.45, 7) is 0.109. The highest BCUT2D eigenvalue weighted by atomic mass is 19.1. The molecule has 0 spiro atoms. The SMILES string of the molecule is CON(C)C(=O)c1ccc(CCNC(=O)O)c(F)c1. The number of halogens is 1. The van der Waals surface area contributed by atoms with Crippen molar-refractivity contribution in [1.82, 2.24) is 10.4 Å². The van der Waals surface area contributed by atoms with Gasteiger partial charge in [0.2, 0.25) is 0 Å². The van der Waals surface area contributed by atoms with Crippen LogP contribution in [0.15, 0.2) is 18.2 Å². The van der Waals surface area contributed by atoms with Gasteiger partial charge in [-0.1, -0.05) is 6.07 Å². The number of hydrogen-bond donors (Lipinski definition) is 2. The maximum absolute atomic E-state index is 13.7. The predicted molar refractivity (Wildman–Crippen MR) is 65.2 cm³/mol. The normalized spacial score (nSPS) is 10.1. The maximum atomic E-state index is 13.7. The number of benzene rings is 1. The van der Waals surface area contributed by atoms with E-state index in [9.17, 15) is 14.0 Å². The smallest absolute Gasteiger partial charge is 0.404 e. The van der Waals surface area contributed by atoms with Crippen molar-refractivity contribution in [3.63, 3.8) is 0 Å². The quantitative estimate of drug-likeness (QED) is 0.790. The van der Waals surface area contributed by atoms with Crippen molar-refractivity contribution in [3.05, 3.63) is 35.1 Å². The summed E-state index contributed by atoms with van der Waals surface area (Å²) < 4.78 is 13.7. The number of carbonyl (C=O) groups is 2. The first-order valence-electron chi connectivity index (χ1n) is 5.53. The summed E-state index contributed by atoms with van der Waals surface area (Å²) >= 11 is 0. The van der Waals surface area contributed by atoms with Gasteiger partial charge in [0.15, 0.2) is 0 Å². The molecule has 19 heavy (non-hydrogen) atoms. The minimum absolute atomic E-state index is 0.109. The topological polar surface area (TPSA) is 78.9 Å².